The molecule has 5 heteroatoms. The van der Waals surface area contributed by atoms with E-state index in [1.54, 1.807) is 0 Å². The van der Waals surface area contributed by atoms with Gasteiger partial charge in [-0.1, -0.05) is 37.5 Å². The molecule has 0 radical (unpaired) electrons. The van der Waals surface area contributed by atoms with Crippen molar-refractivity contribution < 1.29 is 4.74 Å². The second-order valence-electron chi connectivity index (χ2n) is 5.38. The van der Waals surface area contributed by atoms with Crippen molar-refractivity contribution in [3.63, 3.8) is 0 Å². The van der Waals surface area contributed by atoms with E-state index < -0.39 is 0 Å². The molecule has 1 aliphatic carbocycles. The van der Waals surface area contributed by atoms with E-state index in [1.807, 2.05) is 0 Å². The maximum atomic E-state index is 5.96. The Morgan fingerprint density at radius 3 is 2.58 bits per heavy atom. The van der Waals surface area contributed by atoms with E-state index in [4.69, 9.17) is 10.5 Å². The van der Waals surface area contributed by atoms with Gasteiger partial charge in [-0.05, 0) is 32.1 Å². The number of ether oxygens (including phenoxy) is 1. The van der Waals surface area contributed by atoms with Crippen molar-refractivity contribution in [2.24, 2.45) is 0 Å². The zero-order valence-corrected chi connectivity index (χ0v) is 12.6. The highest BCUT2D eigenvalue weighted by atomic mass is 32.1. The van der Waals surface area contributed by atoms with E-state index in [0.29, 0.717) is 17.2 Å². The second kappa shape index (κ2) is 7.80. The van der Waals surface area contributed by atoms with Crippen LogP contribution in [-0.4, -0.2) is 22.9 Å². The first kappa shape index (κ1) is 14.7. The standard InChI is InChI=1S/C14H25N3OS/c1-2-3-4-5-10-18-12-8-6-11(7-9-12)13-16-17-14(15)19-13/h11-12H,2-10H2,1H3,(H2,15,17). The number of hydrogen-bond acceptors (Lipinski definition) is 5. The molecule has 1 heterocycles. The third-order valence-corrected chi connectivity index (χ3v) is 4.75. The minimum atomic E-state index is 0.461. The first-order valence-electron chi connectivity index (χ1n) is 7.50. The lowest BCUT2D eigenvalue weighted by Gasteiger charge is -2.27. The number of unbranched alkanes of at least 4 members (excludes halogenated alkanes) is 3. The molecule has 0 bridgehead atoms. The van der Waals surface area contributed by atoms with Gasteiger partial charge in [0.15, 0.2) is 0 Å². The van der Waals surface area contributed by atoms with E-state index in [0.717, 1.165) is 37.3 Å². The van der Waals surface area contributed by atoms with Crippen LogP contribution >= 0.6 is 11.3 Å². The maximum absolute atomic E-state index is 5.96. The fraction of sp³-hybridized carbons (Fsp3) is 0.857. The predicted molar refractivity (Wildman–Crippen MR) is 79.4 cm³/mol. The average Bonchev–Trinajstić information content (AvgIpc) is 2.86. The fourth-order valence-corrected chi connectivity index (χ4v) is 3.45. The smallest absolute Gasteiger partial charge is 0.203 e. The van der Waals surface area contributed by atoms with Crippen molar-refractivity contribution in [2.45, 2.75) is 70.3 Å². The maximum Gasteiger partial charge on any atom is 0.203 e. The van der Waals surface area contributed by atoms with Gasteiger partial charge in [0.1, 0.15) is 5.01 Å². The molecule has 4 nitrogen and oxygen atoms in total. The normalized spacial score (nSPS) is 23.6. The van der Waals surface area contributed by atoms with Crippen molar-refractivity contribution in [3.8, 4) is 0 Å². The summed E-state index contributed by atoms with van der Waals surface area (Å²) in [5.74, 6) is 0.551. The molecule has 2 rings (SSSR count). The summed E-state index contributed by atoms with van der Waals surface area (Å²) in [6.45, 7) is 3.17. The number of hydrogen-bond donors (Lipinski definition) is 1. The SMILES string of the molecule is CCCCCCOC1CCC(c2nnc(N)s2)CC1. The molecule has 108 valence electrons. The summed E-state index contributed by atoms with van der Waals surface area (Å²) >= 11 is 1.54. The van der Waals surface area contributed by atoms with Crippen molar-refractivity contribution >= 4 is 16.5 Å². The van der Waals surface area contributed by atoms with E-state index >= 15 is 0 Å². The first-order chi connectivity index (χ1) is 9.29. The van der Waals surface area contributed by atoms with Gasteiger partial charge in [-0.2, -0.15) is 0 Å². The second-order valence-corrected chi connectivity index (χ2v) is 6.42. The lowest BCUT2D eigenvalue weighted by atomic mass is 9.88. The monoisotopic (exact) mass is 283 g/mol. The van der Waals surface area contributed by atoms with Gasteiger partial charge in [-0.3, -0.25) is 0 Å². The quantitative estimate of drug-likeness (QED) is 0.774. The molecule has 1 saturated carbocycles. The van der Waals surface area contributed by atoms with Gasteiger partial charge < -0.3 is 10.5 Å². The fourth-order valence-electron chi connectivity index (χ4n) is 2.67. The molecule has 0 spiro atoms. The molecule has 1 fully saturated rings. The summed E-state index contributed by atoms with van der Waals surface area (Å²) in [6.07, 6.45) is 10.2. The zero-order chi connectivity index (χ0) is 13.5. The van der Waals surface area contributed by atoms with Crippen LogP contribution in [0.4, 0.5) is 5.13 Å². The largest absolute Gasteiger partial charge is 0.378 e. The highest BCUT2D eigenvalue weighted by molar-refractivity contribution is 7.15. The van der Waals surface area contributed by atoms with Crippen LogP contribution in [0.25, 0.3) is 0 Å². The van der Waals surface area contributed by atoms with Gasteiger partial charge >= 0.3 is 0 Å². The number of rotatable bonds is 7. The lowest BCUT2D eigenvalue weighted by molar-refractivity contribution is 0.0226. The van der Waals surface area contributed by atoms with Crippen LogP contribution in [-0.2, 0) is 4.74 Å². The first-order valence-corrected chi connectivity index (χ1v) is 8.31. The molecule has 0 aromatic carbocycles. The van der Waals surface area contributed by atoms with E-state index in [-0.39, 0.29) is 0 Å². The number of nitrogen functional groups attached to an aromatic ring is 1. The van der Waals surface area contributed by atoms with Crippen molar-refractivity contribution in [3.05, 3.63) is 5.01 Å². The Morgan fingerprint density at radius 2 is 1.95 bits per heavy atom. The number of nitrogens with zero attached hydrogens (tertiary/aromatic N) is 2. The summed E-state index contributed by atoms with van der Waals surface area (Å²) in [5, 5.41) is 9.76. The van der Waals surface area contributed by atoms with Gasteiger partial charge in [-0.15, -0.1) is 10.2 Å². The van der Waals surface area contributed by atoms with Crippen molar-refractivity contribution in [1.82, 2.24) is 10.2 Å². The molecule has 0 aliphatic heterocycles. The van der Waals surface area contributed by atoms with Crippen LogP contribution in [0.2, 0.25) is 0 Å². The van der Waals surface area contributed by atoms with Gasteiger partial charge in [0.05, 0.1) is 6.10 Å². The summed E-state index contributed by atoms with van der Waals surface area (Å²) < 4.78 is 5.96. The van der Waals surface area contributed by atoms with E-state index in [9.17, 15) is 0 Å². The minimum absolute atomic E-state index is 0.461. The number of nitrogens with two attached hydrogens (primary N) is 1. The van der Waals surface area contributed by atoms with Crippen LogP contribution < -0.4 is 5.73 Å². The van der Waals surface area contributed by atoms with Gasteiger partial charge in [-0.25, -0.2) is 0 Å². The molecule has 2 N–H and O–H groups in total. The van der Waals surface area contributed by atoms with Crippen LogP contribution in [0.15, 0.2) is 0 Å². The Kier molecular flexibility index (Phi) is 6.04. The molecule has 1 aromatic rings. The molecular formula is C14H25N3OS. The minimum Gasteiger partial charge on any atom is -0.378 e. The Balaban J connectivity index is 1.62. The average molecular weight is 283 g/mol. The summed E-state index contributed by atoms with van der Waals surface area (Å²) in [7, 11) is 0. The Morgan fingerprint density at radius 1 is 1.16 bits per heavy atom. The third kappa shape index (κ3) is 4.73. The van der Waals surface area contributed by atoms with E-state index in [2.05, 4.69) is 17.1 Å². The summed E-state index contributed by atoms with van der Waals surface area (Å²) in [4.78, 5) is 0. The van der Waals surface area contributed by atoms with Gasteiger partial charge in [0.2, 0.25) is 5.13 Å². The van der Waals surface area contributed by atoms with Gasteiger partial charge in [0, 0.05) is 12.5 Å². The molecule has 19 heavy (non-hydrogen) atoms. The molecular weight excluding hydrogens is 258 g/mol. The molecule has 1 aromatic heterocycles. The van der Waals surface area contributed by atoms with Gasteiger partial charge in [0.25, 0.3) is 0 Å². The predicted octanol–water partition coefficient (Wildman–Crippen LogP) is 3.74. The Bertz CT molecular complexity index is 361. The molecule has 0 atom stereocenters. The van der Waals surface area contributed by atoms with E-state index in [1.165, 1.54) is 37.0 Å². The van der Waals surface area contributed by atoms with Crippen LogP contribution in [0.5, 0.6) is 0 Å². The Hall–Kier alpha value is -0.680. The molecule has 0 saturated heterocycles. The Labute approximate surface area is 119 Å². The van der Waals surface area contributed by atoms with Crippen molar-refractivity contribution in [1.29, 1.82) is 0 Å². The third-order valence-electron chi connectivity index (χ3n) is 3.83. The lowest BCUT2D eigenvalue weighted by Crippen LogP contribution is -2.21. The summed E-state index contributed by atoms with van der Waals surface area (Å²) in [6, 6.07) is 0. The highest BCUT2D eigenvalue weighted by Gasteiger charge is 2.25. The van der Waals surface area contributed by atoms with Crippen molar-refractivity contribution in [2.75, 3.05) is 12.3 Å². The number of aromatic nitrogens is 2. The topological polar surface area (TPSA) is 61.0 Å². The molecule has 1 aliphatic rings. The highest BCUT2D eigenvalue weighted by Crippen LogP contribution is 2.35. The van der Waals surface area contributed by atoms with Crippen LogP contribution in [0, 0.1) is 0 Å². The number of anilines is 1. The zero-order valence-electron chi connectivity index (χ0n) is 11.8. The molecule has 0 unspecified atom stereocenters. The van der Waals surface area contributed by atoms with Crippen LogP contribution in [0.1, 0.15) is 69.2 Å². The molecule has 0 amide bonds. The van der Waals surface area contributed by atoms with Crippen LogP contribution in [0.3, 0.4) is 0 Å². The summed E-state index contributed by atoms with van der Waals surface area (Å²) in [5.41, 5.74) is 5.64.